The molecular weight excluding hydrogens is 792 g/mol. The SMILES string of the molecule is COC(=O)[C@@H]1C[C@H](OCC[18F])C(=O)N1C(=O)OC(C)(C)C.COC(=O)[C@H](C[C@H](OCC[18F])C(=O)OC)NC(=O)OC(C)(C)C.N[C@@H](C[C@H](OCC[18F])C(=O)O)C(=O)O. The quantitative estimate of drug-likeness (QED) is 0.105. The third-order valence-electron chi connectivity index (χ3n) is 6.67. The lowest BCUT2D eigenvalue weighted by atomic mass is 10.1. The van der Waals surface area contributed by atoms with Crippen LogP contribution in [0.3, 0.4) is 0 Å². The van der Waals surface area contributed by atoms with Gasteiger partial charge in [-0.25, -0.2) is 46.8 Å². The lowest BCUT2D eigenvalue weighted by Crippen LogP contribution is -2.47. The summed E-state index contributed by atoms with van der Waals surface area (Å²) in [5.74, 6) is -5.74. The van der Waals surface area contributed by atoms with Crippen molar-refractivity contribution < 1.29 is 99.6 Å². The van der Waals surface area contributed by atoms with Crippen molar-refractivity contribution in [3.63, 3.8) is 0 Å². The van der Waals surface area contributed by atoms with Crippen LogP contribution in [0.4, 0.5) is 22.8 Å². The van der Waals surface area contributed by atoms with Gasteiger partial charge in [-0.15, -0.1) is 0 Å². The number of likely N-dealkylation sites (tertiary alicyclic amines) is 1. The number of carbonyl (C=O) groups excluding carboxylic acids is 6. The van der Waals surface area contributed by atoms with Crippen LogP contribution in [-0.2, 0) is 66.7 Å². The fourth-order valence-electron chi connectivity index (χ4n) is 4.24. The van der Waals surface area contributed by atoms with E-state index in [1.54, 1.807) is 41.5 Å². The van der Waals surface area contributed by atoms with Gasteiger partial charge in [-0.05, 0) is 41.5 Å². The van der Waals surface area contributed by atoms with Gasteiger partial charge in [-0.2, -0.15) is 0 Å². The standard InChI is InChI=1S/C14H24FNO7.C13H20FNO6.C7H12FNO5/c1-14(2,3)23-13(19)16-9(11(17)20-4)8-10(12(18)21-5)22-7-6-15;1-13(2,3)21-12(18)15-8(11(17)19-4)7-9(10(15)16)20-6-5-14;8-1-2-14-5(7(12)13)3-4(9)6(10)11/h9-10H,6-8H2,1-5H3,(H,16,19);8-9H,5-7H2,1-4H3;4-5H,1-3,9H2,(H,10,11)(H,12,13)/t9-,10-;8-,9-;4-,5-/m000/s1/i15-1;14-1;8-1. The average Bonchev–Trinajstić information content (AvgIpc) is 3.46. The number of rotatable bonds is 19. The van der Waals surface area contributed by atoms with E-state index in [4.69, 9.17) is 34.9 Å². The molecule has 0 aliphatic carbocycles. The Morgan fingerprint density at radius 1 is 0.759 bits per heavy atom. The average molecular weight is 849 g/mol. The number of carbonyl (C=O) groups is 8. The monoisotopic (exact) mass is 848 g/mol. The maximum Gasteiger partial charge on any atom is 0.417 e. The highest BCUT2D eigenvalue weighted by Crippen LogP contribution is 2.25. The second-order valence-electron chi connectivity index (χ2n) is 13.6. The van der Waals surface area contributed by atoms with Crippen molar-refractivity contribution in [3.05, 3.63) is 0 Å². The van der Waals surface area contributed by atoms with E-state index in [-0.39, 0.29) is 39.1 Å². The van der Waals surface area contributed by atoms with E-state index < -0.39 is 116 Å². The Morgan fingerprint density at radius 3 is 1.67 bits per heavy atom. The lowest BCUT2D eigenvalue weighted by molar-refractivity contribution is -0.157. The van der Waals surface area contributed by atoms with Crippen molar-refractivity contribution in [1.29, 1.82) is 0 Å². The summed E-state index contributed by atoms with van der Waals surface area (Å²) in [6.45, 7) is 6.45. The minimum atomic E-state index is -1.38. The minimum Gasteiger partial charge on any atom is -0.480 e. The van der Waals surface area contributed by atoms with Crippen LogP contribution >= 0.6 is 0 Å². The molecule has 58 heavy (non-hydrogen) atoms. The van der Waals surface area contributed by atoms with Crippen LogP contribution in [0.1, 0.15) is 60.8 Å². The maximum absolute atomic E-state index is 12.2. The fraction of sp³-hybridized carbons (Fsp3) is 0.765. The molecule has 0 aromatic rings. The summed E-state index contributed by atoms with van der Waals surface area (Å²) in [4.78, 5) is 92.5. The summed E-state index contributed by atoms with van der Waals surface area (Å²) in [6.07, 6.45) is -6.21. The number of alkyl carbamates (subject to hydrolysis) is 1. The van der Waals surface area contributed by atoms with Crippen LogP contribution in [0.15, 0.2) is 0 Å². The molecule has 0 bridgehead atoms. The zero-order valence-corrected chi connectivity index (χ0v) is 33.9. The number of carboxylic acid groups (broad SMARTS) is 2. The van der Waals surface area contributed by atoms with E-state index in [0.29, 0.717) is 4.90 Å². The van der Waals surface area contributed by atoms with Crippen LogP contribution in [0.5, 0.6) is 0 Å². The predicted molar refractivity (Wildman–Crippen MR) is 190 cm³/mol. The van der Waals surface area contributed by atoms with Crippen LogP contribution in [-0.4, -0.2) is 172 Å². The number of esters is 3. The van der Waals surface area contributed by atoms with E-state index in [2.05, 4.69) is 24.3 Å². The molecule has 1 rings (SSSR count). The van der Waals surface area contributed by atoms with Crippen LogP contribution in [0.2, 0.25) is 0 Å². The number of carboxylic acids is 2. The first-order valence-electron chi connectivity index (χ1n) is 17.4. The Morgan fingerprint density at radius 2 is 1.26 bits per heavy atom. The Balaban J connectivity index is 0. The molecule has 0 saturated carbocycles. The van der Waals surface area contributed by atoms with Gasteiger partial charge in [0.05, 0.1) is 41.2 Å². The molecule has 0 aromatic heterocycles. The van der Waals surface area contributed by atoms with Crippen molar-refractivity contribution in [2.45, 2.75) is 108 Å². The fourth-order valence-corrected chi connectivity index (χ4v) is 4.24. The Hall–Kier alpha value is -4.81. The van der Waals surface area contributed by atoms with Gasteiger partial charge in [-0.3, -0.25) is 9.59 Å². The van der Waals surface area contributed by atoms with E-state index in [1.165, 1.54) is 0 Å². The summed E-state index contributed by atoms with van der Waals surface area (Å²) in [7, 11) is 3.40. The van der Waals surface area contributed by atoms with Gasteiger partial charge in [0.2, 0.25) is 0 Å². The second-order valence-corrected chi connectivity index (χ2v) is 13.6. The van der Waals surface area contributed by atoms with Gasteiger partial charge in [0.1, 0.15) is 55.5 Å². The summed E-state index contributed by atoms with van der Waals surface area (Å²) >= 11 is 0. The zero-order chi connectivity index (χ0) is 45.4. The first-order chi connectivity index (χ1) is 26.8. The minimum absolute atomic E-state index is 0.0786. The normalized spacial score (nSPS) is 17.1. The number of nitrogens with zero attached hydrogens (tertiary/aromatic N) is 1. The van der Waals surface area contributed by atoms with Crippen molar-refractivity contribution in [3.8, 4) is 0 Å². The zero-order valence-electron chi connectivity index (χ0n) is 33.9. The molecule has 1 fully saturated rings. The number of alkyl halides is 3. The number of nitrogens with one attached hydrogen (secondary N) is 1. The van der Waals surface area contributed by atoms with Crippen molar-refractivity contribution >= 4 is 47.9 Å². The third-order valence-corrected chi connectivity index (χ3v) is 6.67. The number of hydrogen-bond donors (Lipinski definition) is 4. The van der Waals surface area contributed by atoms with Gasteiger partial charge in [-0.1, -0.05) is 0 Å². The number of methoxy groups -OCH3 is 3. The molecule has 5 N–H and O–H groups in total. The molecule has 336 valence electrons. The molecule has 21 nitrogen and oxygen atoms in total. The Bertz CT molecular complexity index is 1340. The van der Waals surface area contributed by atoms with Crippen LogP contribution in [0.25, 0.3) is 0 Å². The number of ether oxygens (including phenoxy) is 8. The first kappa shape index (κ1) is 55.3. The summed E-state index contributed by atoms with van der Waals surface area (Å²) in [5.41, 5.74) is 3.50. The molecule has 0 aromatic carbocycles. The van der Waals surface area contributed by atoms with E-state index in [1.807, 2.05) is 0 Å². The van der Waals surface area contributed by atoms with E-state index in [9.17, 15) is 51.5 Å². The number of nitrogens with two attached hydrogens (primary N) is 1. The number of aliphatic carboxylic acids is 2. The molecule has 0 unspecified atom stereocenters. The molecule has 1 aliphatic rings. The van der Waals surface area contributed by atoms with Gasteiger partial charge in [0.15, 0.2) is 12.2 Å². The lowest BCUT2D eigenvalue weighted by Gasteiger charge is -2.26. The molecule has 6 atom stereocenters. The van der Waals surface area contributed by atoms with Gasteiger partial charge >= 0.3 is 42.0 Å². The smallest absolute Gasteiger partial charge is 0.417 e. The van der Waals surface area contributed by atoms with Crippen molar-refractivity contribution in [1.82, 2.24) is 10.2 Å². The van der Waals surface area contributed by atoms with Crippen LogP contribution in [0, 0.1) is 0 Å². The Kier molecular flexibility index (Phi) is 26.5. The molecule has 1 saturated heterocycles. The topological polar surface area (TPSA) is 292 Å². The summed E-state index contributed by atoms with van der Waals surface area (Å²) < 4.78 is 74.4. The first-order valence-corrected chi connectivity index (χ1v) is 17.4. The number of hydrogen-bond acceptors (Lipinski definition) is 17. The Labute approximate surface area is 333 Å². The number of imide groups is 1. The van der Waals surface area contributed by atoms with E-state index in [0.717, 1.165) is 21.3 Å². The molecule has 1 aliphatic heterocycles. The van der Waals surface area contributed by atoms with Gasteiger partial charge in [0, 0.05) is 19.3 Å². The van der Waals surface area contributed by atoms with Crippen molar-refractivity contribution in [2.75, 3.05) is 61.2 Å². The molecular formula is C34H56F3N3O18. The molecule has 1 heterocycles. The highest BCUT2D eigenvalue weighted by Gasteiger charge is 2.49. The maximum atomic E-state index is 12.2. The van der Waals surface area contributed by atoms with Gasteiger partial charge in [0.25, 0.3) is 5.91 Å². The highest BCUT2D eigenvalue weighted by atomic mass is 18.2. The third kappa shape index (κ3) is 22.8. The highest BCUT2D eigenvalue weighted by molar-refractivity contribution is 6.01. The summed E-state index contributed by atoms with van der Waals surface area (Å²) in [6, 6.07) is -3.66. The summed E-state index contributed by atoms with van der Waals surface area (Å²) in [5, 5.41) is 19.2. The largest absolute Gasteiger partial charge is 0.480 e. The second kappa shape index (κ2) is 27.8. The molecule has 0 radical (unpaired) electrons. The predicted octanol–water partition coefficient (Wildman–Crippen LogP) is 1.25. The van der Waals surface area contributed by atoms with Crippen LogP contribution < -0.4 is 11.1 Å². The van der Waals surface area contributed by atoms with E-state index >= 15 is 0 Å². The molecule has 24 heteroatoms. The molecule has 3 amide bonds. The number of amides is 3. The van der Waals surface area contributed by atoms with Gasteiger partial charge < -0.3 is 59.2 Å². The molecule has 0 spiro atoms. The van der Waals surface area contributed by atoms with Crippen molar-refractivity contribution in [2.24, 2.45) is 5.73 Å². The number of halogens is 3.